The van der Waals surface area contributed by atoms with E-state index in [-0.39, 0.29) is 11.6 Å². The van der Waals surface area contributed by atoms with Gasteiger partial charge < -0.3 is 9.88 Å². The molecule has 0 aliphatic heterocycles. The van der Waals surface area contributed by atoms with Crippen LogP contribution in [0.2, 0.25) is 0 Å². The van der Waals surface area contributed by atoms with Crippen LogP contribution >= 0.6 is 22.7 Å². The van der Waals surface area contributed by atoms with E-state index in [4.69, 9.17) is 0 Å². The highest BCUT2D eigenvalue weighted by Crippen LogP contribution is 2.23. The van der Waals surface area contributed by atoms with Gasteiger partial charge >= 0.3 is 0 Å². The number of rotatable bonds is 4. The molecule has 3 heterocycles. The van der Waals surface area contributed by atoms with Crippen LogP contribution in [-0.4, -0.2) is 37.8 Å². The topological polar surface area (TPSA) is 91.8 Å². The molecule has 1 amide bonds. The molecule has 0 aliphatic rings. The molecule has 130 valence electrons. The highest BCUT2D eigenvalue weighted by atomic mass is 32.1. The van der Waals surface area contributed by atoms with Gasteiger partial charge in [-0.25, -0.2) is 15.0 Å². The van der Waals surface area contributed by atoms with Crippen LogP contribution in [0.1, 0.15) is 39.0 Å². The highest BCUT2D eigenvalue weighted by Gasteiger charge is 2.24. The second-order valence-corrected chi connectivity index (χ2v) is 7.60. The zero-order valence-electron chi connectivity index (χ0n) is 14.2. The van der Waals surface area contributed by atoms with Crippen LogP contribution in [0.15, 0.2) is 21.8 Å². The normalized spacial score (nSPS) is 12.2. The van der Waals surface area contributed by atoms with Gasteiger partial charge in [0.25, 0.3) is 11.5 Å². The van der Waals surface area contributed by atoms with Gasteiger partial charge in [0, 0.05) is 29.7 Å². The molecule has 9 heteroatoms. The molecular weight excluding hydrogens is 358 g/mol. The van der Waals surface area contributed by atoms with Crippen LogP contribution in [-0.2, 0) is 0 Å². The van der Waals surface area contributed by atoms with Gasteiger partial charge in [0.2, 0.25) is 0 Å². The van der Waals surface area contributed by atoms with Crippen LogP contribution < -0.4 is 5.56 Å². The predicted octanol–water partition coefficient (Wildman–Crippen LogP) is 2.80. The van der Waals surface area contributed by atoms with Crippen LogP contribution in [0.5, 0.6) is 0 Å². The van der Waals surface area contributed by atoms with Gasteiger partial charge in [-0.3, -0.25) is 9.59 Å². The molecule has 0 saturated heterocycles. The van der Waals surface area contributed by atoms with Crippen molar-refractivity contribution in [1.29, 1.82) is 0 Å². The van der Waals surface area contributed by atoms with Crippen molar-refractivity contribution in [2.45, 2.75) is 26.8 Å². The average molecular weight is 375 g/mol. The summed E-state index contributed by atoms with van der Waals surface area (Å²) >= 11 is 2.96. The lowest BCUT2D eigenvalue weighted by Crippen LogP contribution is -2.34. The van der Waals surface area contributed by atoms with Crippen molar-refractivity contribution in [3.63, 3.8) is 0 Å². The molecule has 3 aromatic rings. The summed E-state index contributed by atoms with van der Waals surface area (Å²) in [4.78, 5) is 42.0. The molecule has 0 bridgehead atoms. The highest BCUT2D eigenvalue weighted by molar-refractivity contribution is 7.10. The van der Waals surface area contributed by atoms with E-state index < -0.39 is 11.5 Å². The first-order chi connectivity index (χ1) is 11.9. The third-order valence-electron chi connectivity index (χ3n) is 3.79. The first-order valence-electron chi connectivity index (χ1n) is 7.58. The fourth-order valence-corrected chi connectivity index (χ4v) is 3.74. The predicted molar refractivity (Wildman–Crippen MR) is 98.1 cm³/mol. The second-order valence-electron chi connectivity index (χ2n) is 5.65. The van der Waals surface area contributed by atoms with E-state index in [0.29, 0.717) is 11.5 Å². The van der Waals surface area contributed by atoms with Crippen LogP contribution in [0, 0.1) is 13.8 Å². The van der Waals surface area contributed by atoms with Gasteiger partial charge in [0.05, 0.1) is 11.0 Å². The summed E-state index contributed by atoms with van der Waals surface area (Å²) in [5.74, 6) is -0.0349. The lowest BCUT2D eigenvalue weighted by atomic mass is 10.2. The molecule has 0 radical (unpaired) electrons. The molecule has 0 spiro atoms. The summed E-state index contributed by atoms with van der Waals surface area (Å²) in [6.45, 7) is 5.66. The standard InChI is InChI=1S/C16H17N5O2S2/c1-8-6-25-15(18-8)9(2)21(4)16(23)11-5-17-13(20-14(11)22)12-7-24-10(3)19-12/h5-7,9H,1-4H3,(H,17,20,22)/t9-/m0/s1. The first kappa shape index (κ1) is 17.4. The Balaban J connectivity index is 1.85. The molecule has 0 aliphatic carbocycles. The lowest BCUT2D eigenvalue weighted by molar-refractivity contribution is 0.0740. The Morgan fingerprint density at radius 2 is 2.00 bits per heavy atom. The van der Waals surface area contributed by atoms with Gasteiger partial charge in [-0.2, -0.15) is 0 Å². The van der Waals surface area contributed by atoms with Crippen molar-refractivity contribution in [3.8, 4) is 11.5 Å². The Morgan fingerprint density at radius 1 is 1.24 bits per heavy atom. The average Bonchev–Trinajstić information content (AvgIpc) is 3.21. The number of thiazole rings is 2. The van der Waals surface area contributed by atoms with Crippen molar-refractivity contribution in [1.82, 2.24) is 24.8 Å². The summed E-state index contributed by atoms with van der Waals surface area (Å²) in [6, 6.07) is -0.230. The third-order valence-corrected chi connectivity index (χ3v) is 5.69. The van der Waals surface area contributed by atoms with E-state index in [1.165, 1.54) is 33.8 Å². The number of aromatic nitrogens is 4. The van der Waals surface area contributed by atoms with E-state index >= 15 is 0 Å². The number of amides is 1. The van der Waals surface area contributed by atoms with Gasteiger partial charge in [-0.1, -0.05) is 0 Å². The SMILES string of the molecule is Cc1csc([C@H](C)N(C)C(=O)c2cnc(-c3csc(C)n3)[nH]c2=O)n1. The molecule has 1 N–H and O–H groups in total. The zero-order valence-corrected chi connectivity index (χ0v) is 15.9. The first-order valence-corrected chi connectivity index (χ1v) is 9.33. The molecule has 0 fully saturated rings. The number of hydrogen-bond acceptors (Lipinski definition) is 7. The third kappa shape index (κ3) is 3.52. The van der Waals surface area contributed by atoms with Crippen molar-refractivity contribution in [2.75, 3.05) is 7.05 Å². The van der Waals surface area contributed by atoms with E-state index in [9.17, 15) is 9.59 Å². The summed E-state index contributed by atoms with van der Waals surface area (Å²) in [5.41, 5.74) is 1.03. The summed E-state index contributed by atoms with van der Waals surface area (Å²) < 4.78 is 0. The summed E-state index contributed by atoms with van der Waals surface area (Å²) in [7, 11) is 1.65. The minimum absolute atomic E-state index is 0.00155. The maximum atomic E-state index is 12.7. The summed E-state index contributed by atoms with van der Waals surface area (Å²) in [6.07, 6.45) is 1.31. The monoisotopic (exact) mass is 375 g/mol. The molecule has 7 nitrogen and oxygen atoms in total. The minimum atomic E-state index is -0.477. The molecule has 0 saturated carbocycles. The maximum absolute atomic E-state index is 12.7. The van der Waals surface area contributed by atoms with Crippen molar-refractivity contribution in [2.24, 2.45) is 0 Å². The molecule has 3 aromatic heterocycles. The van der Waals surface area contributed by atoms with Gasteiger partial charge in [-0.15, -0.1) is 22.7 Å². The van der Waals surface area contributed by atoms with E-state index in [2.05, 4.69) is 19.9 Å². The molecule has 0 aromatic carbocycles. The zero-order chi connectivity index (χ0) is 18.1. The largest absolute Gasteiger partial charge is 0.332 e. The van der Waals surface area contributed by atoms with Crippen LogP contribution in [0.25, 0.3) is 11.5 Å². The number of hydrogen-bond donors (Lipinski definition) is 1. The summed E-state index contributed by atoms with van der Waals surface area (Å²) in [5, 5.41) is 5.45. The quantitative estimate of drug-likeness (QED) is 0.757. The van der Waals surface area contributed by atoms with Gasteiger partial charge in [0.15, 0.2) is 5.82 Å². The fraction of sp³-hybridized carbons (Fsp3) is 0.312. The second kappa shape index (κ2) is 6.85. The number of aryl methyl sites for hydroxylation is 2. The van der Waals surface area contributed by atoms with Gasteiger partial charge in [0.1, 0.15) is 16.3 Å². The van der Waals surface area contributed by atoms with Crippen LogP contribution in [0.3, 0.4) is 0 Å². The molecule has 25 heavy (non-hydrogen) atoms. The number of nitrogens with zero attached hydrogens (tertiary/aromatic N) is 4. The number of H-pyrrole nitrogens is 1. The van der Waals surface area contributed by atoms with Crippen molar-refractivity contribution in [3.05, 3.63) is 48.6 Å². The number of nitrogens with one attached hydrogen (secondary N) is 1. The maximum Gasteiger partial charge on any atom is 0.264 e. The smallest absolute Gasteiger partial charge is 0.264 e. The lowest BCUT2D eigenvalue weighted by Gasteiger charge is -2.22. The van der Waals surface area contributed by atoms with Crippen molar-refractivity contribution >= 4 is 28.6 Å². The fourth-order valence-electron chi connectivity index (χ4n) is 2.25. The van der Waals surface area contributed by atoms with E-state index in [1.807, 2.05) is 31.5 Å². The molecule has 1 atom stereocenters. The molecule has 3 rings (SSSR count). The number of carbonyl (C=O) groups is 1. The van der Waals surface area contributed by atoms with E-state index in [1.54, 1.807) is 7.05 Å². The van der Waals surface area contributed by atoms with Gasteiger partial charge in [-0.05, 0) is 20.8 Å². The number of aromatic amines is 1. The Bertz CT molecular complexity index is 975. The Labute approximate surface area is 152 Å². The van der Waals surface area contributed by atoms with Crippen LogP contribution in [0.4, 0.5) is 0 Å². The molecular formula is C16H17N5O2S2. The van der Waals surface area contributed by atoms with E-state index in [0.717, 1.165) is 15.7 Å². The molecule has 0 unspecified atom stereocenters. The Hall–Kier alpha value is -2.39. The van der Waals surface area contributed by atoms with Crippen molar-refractivity contribution < 1.29 is 4.79 Å². The Morgan fingerprint density at radius 3 is 2.56 bits per heavy atom. The minimum Gasteiger partial charge on any atom is -0.332 e. The number of carbonyl (C=O) groups excluding carboxylic acids is 1. The Kier molecular flexibility index (Phi) is 4.78.